The van der Waals surface area contributed by atoms with Crippen LogP contribution in [-0.4, -0.2) is 107 Å². The number of phenols is 4. The van der Waals surface area contributed by atoms with E-state index in [1.165, 1.54) is 74.5 Å². The lowest BCUT2D eigenvalue weighted by Crippen LogP contribution is -2.30. The number of esters is 2. The van der Waals surface area contributed by atoms with E-state index in [9.17, 15) is 63.0 Å². The second kappa shape index (κ2) is 50.2. The van der Waals surface area contributed by atoms with Gasteiger partial charge >= 0.3 is 26.1 Å². The van der Waals surface area contributed by atoms with E-state index in [1.807, 2.05) is 84.9 Å². The van der Waals surface area contributed by atoms with Gasteiger partial charge in [0.1, 0.15) is 69.0 Å². The molecule has 0 fully saturated rings. The Morgan fingerprint density at radius 3 is 0.810 bits per heavy atom. The fourth-order valence-electron chi connectivity index (χ4n) is 13.4. The van der Waals surface area contributed by atoms with Crippen LogP contribution >= 0.6 is 69.6 Å². The molecule has 2 heterocycles. The molecule has 0 radical (unpaired) electrons. The van der Waals surface area contributed by atoms with E-state index >= 15 is 0 Å². The first-order valence-electron chi connectivity index (χ1n) is 42.0. The summed E-state index contributed by atoms with van der Waals surface area (Å²) in [4.78, 5) is 143. The van der Waals surface area contributed by atoms with Crippen molar-refractivity contribution >= 4 is 146 Å². The van der Waals surface area contributed by atoms with Gasteiger partial charge in [0.15, 0.2) is 23.1 Å². The van der Waals surface area contributed by atoms with Crippen molar-refractivity contribution in [2.75, 3.05) is 24.0 Å². The van der Waals surface area contributed by atoms with Crippen LogP contribution in [-0.2, 0) is 44.7 Å². The maximum absolute atomic E-state index is 13.8. The average Bonchev–Trinajstić information content (AvgIpc) is 1.61. The number of ketones is 4. The molecule has 25 nitrogen and oxygen atoms in total. The zero-order valence-electron chi connectivity index (χ0n) is 74.2. The highest BCUT2D eigenvalue weighted by Gasteiger charge is 2.40. The van der Waals surface area contributed by atoms with Gasteiger partial charge in [-0.1, -0.05) is 123 Å². The lowest BCUT2D eigenvalue weighted by molar-refractivity contribution is -0.132. The number of rotatable bonds is 22. The third-order valence-electron chi connectivity index (χ3n) is 20.0. The van der Waals surface area contributed by atoms with E-state index in [0.29, 0.717) is 68.1 Å². The van der Waals surface area contributed by atoms with Crippen molar-refractivity contribution in [1.29, 1.82) is 0 Å². The first-order chi connectivity index (χ1) is 66.9. The number of imide groups is 2. The largest absolute Gasteiger partial charge is 0.515 e. The van der Waals surface area contributed by atoms with Gasteiger partial charge in [0.25, 0.3) is 23.6 Å². The Balaban J connectivity index is 0.000000202. The van der Waals surface area contributed by atoms with Crippen LogP contribution in [0.5, 0.6) is 69.0 Å². The molecule has 31 heteroatoms. The molecule has 0 saturated carbocycles. The molecule has 2 aliphatic heterocycles. The predicted molar refractivity (Wildman–Crippen MR) is 541 cm³/mol. The molecule has 14 aromatic carbocycles. The number of alkyl halides is 6. The second-order valence-electron chi connectivity index (χ2n) is 30.3. The summed E-state index contributed by atoms with van der Waals surface area (Å²) in [6.45, 7) is 2.66. The Hall–Kier alpha value is -16.5. The topological polar surface area (TPSA) is 349 Å². The molecular weight excluding hydrogens is 1940 g/mol. The van der Waals surface area contributed by atoms with Gasteiger partial charge < -0.3 is 58.3 Å². The number of ether oxygens (including phenoxy) is 8. The maximum Gasteiger partial charge on any atom is 0.515 e. The minimum Gasteiger partial charge on any atom is -0.508 e. The smallest absolute Gasteiger partial charge is 0.508 e. The normalized spacial score (nSPS) is 11.3. The number of benzene rings is 14. The highest BCUT2D eigenvalue weighted by molar-refractivity contribution is 6.67. The van der Waals surface area contributed by atoms with E-state index < -0.39 is 43.7 Å². The van der Waals surface area contributed by atoms with Crippen molar-refractivity contribution in [3.8, 4) is 92.7 Å². The first-order valence-corrected chi connectivity index (χ1v) is 44.2. The van der Waals surface area contributed by atoms with Crippen LogP contribution in [0, 0.1) is 23.7 Å². The van der Waals surface area contributed by atoms with E-state index in [0.717, 1.165) is 32.2 Å². The molecule has 14 aromatic rings. The van der Waals surface area contributed by atoms with Crippen molar-refractivity contribution in [2.45, 2.75) is 62.3 Å². The molecule has 0 bridgehead atoms. The molecule has 0 saturated heterocycles. The number of phenolic OH excluding ortho intramolecular Hbond substituents is 4. The highest BCUT2D eigenvalue weighted by Crippen LogP contribution is 2.38. The Morgan fingerprint density at radius 1 is 0.289 bits per heavy atom. The molecule has 720 valence electrons. The average molecular weight is 2030 g/mol. The van der Waals surface area contributed by atoms with Gasteiger partial charge in [0.05, 0.1) is 47.8 Å². The number of aromatic hydroxyl groups is 4. The van der Waals surface area contributed by atoms with Crippen LogP contribution in [0.1, 0.15) is 156 Å². The summed E-state index contributed by atoms with van der Waals surface area (Å²) in [5.41, 5.74) is 6.99. The fraction of sp³-hybridized carbons (Fsp3) is 0.108. The molecule has 4 N–H and O–H groups in total. The van der Waals surface area contributed by atoms with Gasteiger partial charge in [-0.25, -0.2) is 14.6 Å². The monoisotopic (exact) mass is 2020 g/mol. The van der Waals surface area contributed by atoms with Crippen molar-refractivity contribution in [1.82, 2.24) is 0 Å². The van der Waals surface area contributed by atoms with E-state index in [1.54, 1.807) is 196 Å². The zero-order valence-corrected chi connectivity index (χ0v) is 78.7. The van der Waals surface area contributed by atoms with Crippen LogP contribution in [0.2, 0.25) is 0 Å². The summed E-state index contributed by atoms with van der Waals surface area (Å²) in [5, 5.41) is 37.4. The van der Waals surface area contributed by atoms with Gasteiger partial charge in [0, 0.05) is 84.0 Å². The Morgan fingerprint density at radius 2 is 0.528 bits per heavy atom. The molecule has 142 heavy (non-hydrogen) atoms. The number of anilines is 2. The molecule has 0 aliphatic carbocycles. The SMILES string of the molecule is C.C.COc1ccc(CC(=O)c2cc(C(=O)Cc3ccc(OC(C)=O)cc3)cc(N3C(=O)c4ccc(C#Cc5ccccc5)cc4C3=O)c2)cc1.COc1ccc(Oc2ccc(OC(C)=O)cc2)cc1.O=C(Cc1ccc(O)cc1)c1cc(C(=O)Cc2ccc(O)cc2)cc(N2C(=O)c3ccc(C#Cc4ccccc4)cc3C2=O)c1.O=C(OC(Cl)(Cl)Cl)OC(Cl)(Cl)Cl.Oc1ccc(Oc2ccc(O)cc2)cc1. The van der Waals surface area contributed by atoms with E-state index in [2.05, 4.69) is 33.2 Å². The summed E-state index contributed by atoms with van der Waals surface area (Å²) < 4.78 is 34.9. The molecule has 16 rings (SSSR count). The number of hydrogen-bond donors (Lipinski definition) is 4. The van der Waals surface area contributed by atoms with Crippen molar-refractivity contribution in [3.05, 3.63) is 417 Å². The van der Waals surface area contributed by atoms with Crippen molar-refractivity contribution in [2.24, 2.45) is 0 Å². The van der Waals surface area contributed by atoms with Crippen LogP contribution in [0.3, 0.4) is 0 Å². The first kappa shape index (κ1) is 108. The number of methoxy groups -OCH3 is 2. The van der Waals surface area contributed by atoms with E-state index in [-0.39, 0.29) is 149 Å². The number of Topliss-reactive ketones (excluding diaryl/α,β-unsaturated/α-hetero) is 4. The third-order valence-corrected chi connectivity index (χ3v) is 20.5. The summed E-state index contributed by atoms with van der Waals surface area (Å²) in [6.07, 6.45) is -1.48. The Kier molecular flexibility index (Phi) is 38.0. The second-order valence-corrected chi connectivity index (χ2v) is 34.6. The summed E-state index contributed by atoms with van der Waals surface area (Å²) in [6, 6.07) is 90.1. The molecule has 0 aromatic heterocycles. The van der Waals surface area contributed by atoms with Gasteiger partial charge in [-0.2, -0.15) is 0 Å². The van der Waals surface area contributed by atoms with Crippen LogP contribution < -0.4 is 38.2 Å². The van der Waals surface area contributed by atoms with Gasteiger partial charge in [-0.3, -0.25) is 47.9 Å². The van der Waals surface area contributed by atoms with Crippen LogP contribution in [0.25, 0.3) is 0 Å². The van der Waals surface area contributed by atoms with Crippen molar-refractivity contribution < 1.29 is 111 Å². The molecule has 4 amide bonds. The molecule has 2 aliphatic rings. The number of nitrogens with zero attached hydrogens (tertiary/aromatic N) is 2. The number of halogens is 6. The van der Waals surface area contributed by atoms with Gasteiger partial charge in [-0.05, 0) is 335 Å². The molecule has 0 unspecified atom stereocenters. The standard InChI is InChI=1S/C41H29NO7.C38H25NO6.C15H14O4.C12H10O3.C3Cl6O3.2CH4/c1-26(43)49-35-17-12-30(13-18-35)22-39(45)32-23-31(38(44)21-29-10-15-34(48-2)16-11-29)24-33(25-32)42-40(46)36-19-14-28(20-37(36)41(42)47)9-8-27-6-4-3-5-7-27;40-31-13-8-26(9-14-31)19-35(42)28-21-29(36(43)20-27-10-15-32(41)16-11-27)23-30(22-28)39-37(44)33-17-12-25(18-34(33)38(39)45)7-6-24-4-2-1-3-5-24;1-11(16)18-13-7-9-15(10-8-13)19-14-5-3-12(17-2)4-6-14;13-9-1-5-11(6-2-9)15-12-7-3-10(14)4-8-12;4-2(5,6)11-1(10)12-3(7,8)9;;/h3-7,10-20,23-25H,21-22H2,1-2H3;1-5,8-18,21-23,40-41H,19-20H2;3-10H,1-2H3;1-8,13-14H;;2*1H4. The summed E-state index contributed by atoms with van der Waals surface area (Å²) >= 11 is 30.2. The minimum absolute atomic E-state index is 0. The zero-order chi connectivity index (χ0) is 100. The summed E-state index contributed by atoms with van der Waals surface area (Å²) in [5.74, 6) is 13.2. The maximum atomic E-state index is 13.8. The molecule has 0 atom stereocenters. The third kappa shape index (κ3) is 31.8. The van der Waals surface area contributed by atoms with Crippen molar-refractivity contribution in [3.63, 3.8) is 0 Å². The number of carbonyl (C=O) groups excluding carboxylic acids is 11. The highest BCUT2D eigenvalue weighted by atomic mass is 35.6. The van der Waals surface area contributed by atoms with Crippen LogP contribution in [0.4, 0.5) is 16.2 Å². The summed E-state index contributed by atoms with van der Waals surface area (Å²) in [7, 11) is 3.17. The minimum atomic E-state index is -2.24. The van der Waals surface area contributed by atoms with Gasteiger partial charge in [-0.15, -0.1) is 0 Å². The lowest BCUT2D eigenvalue weighted by Gasteiger charge is -2.17. The number of hydrogen-bond acceptors (Lipinski definition) is 23. The van der Waals surface area contributed by atoms with Crippen LogP contribution in [0.15, 0.2) is 328 Å². The number of amides is 4. The molecular formula is C111H86Cl6N2O23. The fourth-order valence-corrected chi connectivity index (χ4v) is 13.8. The lowest BCUT2D eigenvalue weighted by atomic mass is 9.96. The number of carbonyl (C=O) groups is 11. The quantitative estimate of drug-likeness (QED) is 0.0122. The molecule has 0 spiro atoms. The van der Waals surface area contributed by atoms with Gasteiger partial charge in [0.2, 0.25) is 0 Å². The predicted octanol–water partition coefficient (Wildman–Crippen LogP) is 24.2. The van der Waals surface area contributed by atoms with E-state index in [4.69, 9.17) is 108 Å². The Bertz CT molecular complexity index is 6920. The Labute approximate surface area is 846 Å². The number of fused-ring (bicyclic) bond motifs is 2.